The van der Waals surface area contributed by atoms with E-state index in [1.165, 1.54) is 24.0 Å². The molecule has 0 saturated carbocycles. The van der Waals surface area contributed by atoms with E-state index in [0.717, 1.165) is 31.8 Å². The first-order valence-electron chi connectivity index (χ1n) is 10.5. The molecule has 0 spiro atoms. The van der Waals surface area contributed by atoms with Crippen molar-refractivity contribution in [2.24, 2.45) is 5.92 Å². The Bertz CT molecular complexity index is 726. The molecule has 0 bridgehead atoms. The summed E-state index contributed by atoms with van der Waals surface area (Å²) < 4.78 is 18.7. The van der Waals surface area contributed by atoms with E-state index in [0.29, 0.717) is 19.1 Å². The smallest absolute Gasteiger partial charge is 0.123 e. The molecule has 0 radical (unpaired) electrons. The van der Waals surface area contributed by atoms with Crippen molar-refractivity contribution in [2.75, 3.05) is 40.3 Å². The topological polar surface area (TPSA) is 35.9 Å². The molecule has 0 amide bonds. The van der Waals surface area contributed by atoms with Crippen LogP contribution >= 0.6 is 0 Å². The number of aliphatic hydroxyl groups is 1. The molecule has 0 aromatic heterocycles. The van der Waals surface area contributed by atoms with Crippen molar-refractivity contribution in [3.63, 3.8) is 0 Å². The number of hydrogen-bond acceptors (Lipinski definition) is 4. The maximum atomic E-state index is 13.0. The molecule has 29 heavy (non-hydrogen) atoms. The molecule has 158 valence electrons. The fraction of sp³-hybridized carbons (Fsp3) is 0.500. The highest BCUT2D eigenvalue weighted by molar-refractivity contribution is 5.27. The first kappa shape index (κ1) is 21.8. The van der Waals surface area contributed by atoms with E-state index in [1.807, 2.05) is 43.3 Å². The van der Waals surface area contributed by atoms with Gasteiger partial charge in [0, 0.05) is 13.1 Å². The Kier molecular flexibility index (Phi) is 8.04. The molecule has 0 aliphatic carbocycles. The quantitative estimate of drug-likeness (QED) is 0.698. The number of aliphatic hydroxyl groups excluding tert-OH is 1. The Balaban J connectivity index is 1.39. The van der Waals surface area contributed by atoms with Gasteiger partial charge in [-0.05, 0) is 87.8 Å². The summed E-state index contributed by atoms with van der Waals surface area (Å²) in [6.45, 7) is 4.04. The van der Waals surface area contributed by atoms with Gasteiger partial charge in [0.1, 0.15) is 24.3 Å². The third kappa shape index (κ3) is 7.42. The third-order valence-electron chi connectivity index (χ3n) is 5.49. The number of hydrogen-bond donors (Lipinski definition) is 1. The zero-order valence-electron chi connectivity index (χ0n) is 17.6. The van der Waals surface area contributed by atoms with Crippen LogP contribution < -0.4 is 4.74 Å². The molecule has 0 unspecified atom stereocenters. The summed E-state index contributed by atoms with van der Waals surface area (Å²) in [6.07, 6.45) is 2.92. The molecular formula is C24H33FN2O2. The van der Waals surface area contributed by atoms with Crippen molar-refractivity contribution in [3.8, 4) is 5.75 Å². The van der Waals surface area contributed by atoms with Crippen LogP contribution in [0.2, 0.25) is 0 Å². The Hall–Kier alpha value is -1.95. The number of likely N-dealkylation sites (N-methyl/N-ethyl adjacent to an activating group) is 1. The fourth-order valence-corrected chi connectivity index (χ4v) is 3.92. The third-order valence-corrected chi connectivity index (χ3v) is 5.49. The number of benzene rings is 2. The Morgan fingerprint density at radius 2 is 1.66 bits per heavy atom. The molecule has 1 N–H and O–H groups in total. The molecule has 1 atom stereocenters. The molecule has 4 nitrogen and oxygen atoms in total. The van der Waals surface area contributed by atoms with Crippen molar-refractivity contribution < 1.29 is 14.2 Å². The van der Waals surface area contributed by atoms with Gasteiger partial charge in [-0.2, -0.15) is 0 Å². The van der Waals surface area contributed by atoms with Crippen LogP contribution in [0.1, 0.15) is 24.0 Å². The van der Waals surface area contributed by atoms with Gasteiger partial charge in [0.05, 0.1) is 0 Å². The average molecular weight is 401 g/mol. The minimum Gasteiger partial charge on any atom is -0.491 e. The van der Waals surface area contributed by atoms with Crippen molar-refractivity contribution >= 4 is 0 Å². The van der Waals surface area contributed by atoms with E-state index in [1.54, 1.807) is 12.1 Å². The second-order valence-corrected chi connectivity index (χ2v) is 8.42. The fourth-order valence-electron chi connectivity index (χ4n) is 3.92. The Labute approximate surface area is 173 Å². The zero-order chi connectivity index (χ0) is 20.6. The first-order valence-corrected chi connectivity index (χ1v) is 10.5. The normalized spacial score (nSPS) is 16.9. The minimum atomic E-state index is -0.485. The van der Waals surface area contributed by atoms with Crippen molar-refractivity contribution in [3.05, 3.63) is 65.5 Å². The highest BCUT2D eigenvalue weighted by Crippen LogP contribution is 2.23. The van der Waals surface area contributed by atoms with E-state index in [-0.39, 0.29) is 5.82 Å². The molecule has 1 aliphatic heterocycles. The van der Waals surface area contributed by atoms with Crippen molar-refractivity contribution in [1.29, 1.82) is 0 Å². The zero-order valence-corrected chi connectivity index (χ0v) is 17.6. The van der Waals surface area contributed by atoms with E-state index in [4.69, 9.17) is 4.74 Å². The van der Waals surface area contributed by atoms with Gasteiger partial charge < -0.3 is 14.7 Å². The minimum absolute atomic E-state index is 0.162. The van der Waals surface area contributed by atoms with E-state index in [9.17, 15) is 9.50 Å². The summed E-state index contributed by atoms with van der Waals surface area (Å²) in [6, 6.07) is 15.1. The second kappa shape index (κ2) is 10.7. The summed E-state index contributed by atoms with van der Waals surface area (Å²) in [5, 5.41) is 9.89. The van der Waals surface area contributed by atoms with Gasteiger partial charge in [-0.15, -0.1) is 0 Å². The van der Waals surface area contributed by atoms with Crippen LogP contribution in [-0.4, -0.2) is 61.3 Å². The standard InChI is InChI=1S/C24H33FN2O2/c1-26(2)17-23(28)18-29-24-9-5-21(6-10-24)16-27-13-11-20(12-14-27)15-19-3-7-22(25)8-4-19/h3-10,20,23,28H,11-18H2,1-2H3/t23-/m0/s1. The first-order chi connectivity index (χ1) is 14.0. The van der Waals surface area contributed by atoms with Gasteiger partial charge in [0.2, 0.25) is 0 Å². The second-order valence-electron chi connectivity index (χ2n) is 8.42. The summed E-state index contributed by atoms with van der Waals surface area (Å²) in [4.78, 5) is 4.44. The largest absolute Gasteiger partial charge is 0.491 e. The van der Waals surface area contributed by atoms with Gasteiger partial charge in [-0.3, -0.25) is 4.90 Å². The lowest BCUT2D eigenvalue weighted by Crippen LogP contribution is -2.33. The highest BCUT2D eigenvalue weighted by Gasteiger charge is 2.19. The van der Waals surface area contributed by atoms with Crippen LogP contribution in [0.3, 0.4) is 0 Å². The lowest BCUT2D eigenvalue weighted by molar-refractivity contribution is 0.0831. The molecule has 1 saturated heterocycles. The van der Waals surface area contributed by atoms with Crippen LogP contribution in [0.25, 0.3) is 0 Å². The number of nitrogens with zero attached hydrogens (tertiary/aromatic N) is 2. The molecule has 2 aromatic carbocycles. The number of rotatable bonds is 9. The Morgan fingerprint density at radius 1 is 1.03 bits per heavy atom. The maximum Gasteiger partial charge on any atom is 0.123 e. The average Bonchev–Trinajstić information content (AvgIpc) is 2.70. The van der Waals surface area contributed by atoms with Crippen LogP contribution in [0.15, 0.2) is 48.5 Å². The summed E-state index contributed by atoms with van der Waals surface area (Å²) >= 11 is 0. The summed E-state index contributed by atoms with van der Waals surface area (Å²) in [7, 11) is 3.87. The van der Waals surface area contributed by atoms with Crippen LogP contribution in [0.4, 0.5) is 4.39 Å². The predicted octanol–water partition coefficient (Wildman–Crippen LogP) is 3.58. The van der Waals surface area contributed by atoms with Crippen LogP contribution in [0.5, 0.6) is 5.75 Å². The number of piperidine rings is 1. The number of halogens is 1. The van der Waals surface area contributed by atoms with Gasteiger partial charge in [-0.25, -0.2) is 4.39 Å². The van der Waals surface area contributed by atoms with Gasteiger partial charge >= 0.3 is 0 Å². The molecule has 1 aliphatic rings. The molecule has 3 rings (SSSR count). The van der Waals surface area contributed by atoms with Gasteiger partial charge in [-0.1, -0.05) is 24.3 Å². The monoisotopic (exact) mass is 400 g/mol. The van der Waals surface area contributed by atoms with Crippen molar-refractivity contribution in [1.82, 2.24) is 9.80 Å². The van der Waals surface area contributed by atoms with E-state index in [2.05, 4.69) is 17.0 Å². The molecule has 1 heterocycles. The van der Waals surface area contributed by atoms with Gasteiger partial charge in [0.15, 0.2) is 0 Å². The molecule has 5 heteroatoms. The summed E-state index contributed by atoms with van der Waals surface area (Å²) in [5.74, 6) is 1.32. The number of ether oxygens (including phenoxy) is 1. The highest BCUT2D eigenvalue weighted by atomic mass is 19.1. The lowest BCUT2D eigenvalue weighted by Gasteiger charge is -2.32. The van der Waals surface area contributed by atoms with E-state index >= 15 is 0 Å². The molecule has 2 aromatic rings. The van der Waals surface area contributed by atoms with Gasteiger partial charge in [0.25, 0.3) is 0 Å². The Morgan fingerprint density at radius 3 is 2.28 bits per heavy atom. The lowest BCUT2D eigenvalue weighted by atomic mass is 9.90. The van der Waals surface area contributed by atoms with Crippen LogP contribution in [-0.2, 0) is 13.0 Å². The van der Waals surface area contributed by atoms with Crippen LogP contribution in [0, 0.1) is 11.7 Å². The predicted molar refractivity (Wildman–Crippen MR) is 115 cm³/mol. The maximum absolute atomic E-state index is 13.0. The summed E-state index contributed by atoms with van der Waals surface area (Å²) in [5.41, 5.74) is 2.51. The molecular weight excluding hydrogens is 367 g/mol. The molecule has 1 fully saturated rings. The number of likely N-dealkylation sites (tertiary alicyclic amines) is 1. The SMILES string of the molecule is CN(C)C[C@H](O)COc1ccc(CN2CCC(Cc3ccc(F)cc3)CC2)cc1. The van der Waals surface area contributed by atoms with E-state index < -0.39 is 6.10 Å². The van der Waals surface area contributed by atoms with Crippen molar-refractivity contribution in [2.45, 2.75) is 31.9 Å².